The van der Waals surface area contributed by atoms with Gasteiger partial charge in [0.15, 0.2) is 11.0 Å². The van der Waals surface area contributed by atoms with Gasteiger partial charge in [0, 0.05) is 12.6 Å². The predicted molar refractivity (Wildman–Crippen MR) is 78.0 cm³/mol. The van der Waals surface area contributed by atoms with Crippen LogP contribution in [0.5, 0.6) is 0 Å². The maximum atomic E-state index is 11.8. The molecule has 21 heavy (non-hydrogen) atoms. The Balaban J connectivity index is 1.98. The number of amides is 1. The maximum absolute atomic E-state index is 11.8. The van der Waals surface area contributed by atoms with Crippen LogP contribution in [0.4, 0.5) is 0 Å². The lowest BCUT2D eigenvalue weighted by molar-refractivity contribution is -0.131. The zero-order valence-corrected chi connectivity index (χ0v) is 11.6. The molecule has 6 heteroatoms. The molecular formula is C15H12ClNO4. The van der Waals surface area contributed by atoms with Crippen LogP contribution in [-0.4, -0.2) is 17.0 Å². The van der Waals surface area contributed by atoms with Crippen LogP contribution in [-0.2, 0) is 11.3 Å². The molecule has 0 radical (unpaired) electrons. The van der Waals surface area contributed by atoms with Crippen LogP contribution in [0.2, 0.25) is 5.22 Å². The van der Waals surface area contributed by atoms with Crippen molar-refractivity contribution in [1.29, 1.82) is 0 Å². The fraction of sp³-hybridized carbons (Fsp3) is 0.0667. The Bertz CT molecular complexity index is 690. The second kappa shape index (κ2) is 6.76. The molecule has 0 aliphatic heterocycles. The number of carboxylic acids is 1. The number of furan rings is 1. The number of halogens is 1. The molecule has 5 nitrogen and oxygen atoms in total. The van der Waals surface area contributed by atoms with Crippen LogP contribution in [0.25, 0.3) is 6.08 Å². The SMILES string of the molecule is O=C(O)C=Cc1cccc(CNC(=O)c2ccc(Cl)o2)c1. The Hall–Kier alpha value is -2.53. The molecule has 0 saturated heterocycles. The monoisotopic (exact) mass is 305 g/mol. The minimum absolute atomic E-state index is 0.141. The molecule has 0 unspecified atom stereocenters. The number of carbonyl (C=O) groups is 2. The zero-order valence-electron chi connectivity index (χ0n) is 10.9. The first-order chi connectivity index (χ1) is 10.0. The van der Waals surface area contributed by atoms with Crippen LogP contribution in [0.15, 0.2) is 46.9 Å². The molecule has 1 heterocycles. The van der Waals surface area contributed by atoms with Crippen molar-refractivity contribution in [2.75, 3.05) is 0 Å². The third kappa shape index (κ3) is 4.50. The number of rotatable bonds is 5. The molecule has 1 aromatic carbocycles. The largest absolute Gasteiger partial charge is 0.478 e. The molecule has 108 valence electrons. The summed E-state index contributed by atoms with van der Waals surface area (Å²) in [6.45, 7) is 0.298. The highest BCUT2D eigenvalue weighted by Crippen LogP contribution is 2.13. The molecule has 0 atom stereocenters. The number of hydrogen-bond donors (Lipinski definition) is 2. The molecule has 0 spiro atoms. The van der Waals surface area contributed by atoms with Gasteiger partial charge in [0.05, 0.1) is 0 Å². The first kappa shape index (κ1) is 14.9. The van der Waals surface area contributed by atoms with E-state index in [0.717, 1.165) is 17.2 Å². The number of hydrogen-bond acceptors (Lipinski definition) is 3. The van der Waals surface area contributed by atoms with Gasteiger partial charge in [0.25, 0.3) is 5.91 Å². The molecule has 0 saturated carbocycles. The van der Waals surface area contributed by atoms with Crippen molar-refractivity contribution >= 4 is 29.6 Å². The van der Waals surface area contributed by atoms with E-state index >= 15 is 0 Å². The second-order valence-electron chi connectivity index (χ2n) is 4.20. The molecule has 1 amide bonds. The van der Waals surface area contributed by atoms with Gasteiger partial charge in [-0.15, -0.1) is 0 Å². The minimum Gasteiger partial charge on any atom is -0.478 e. The van der Waals surface area contributed by atoms with Crippen molar-refractivity contribution in [2.45, 2.75) is 6.54 Å². The Labute approximate surface area is 125 Å². The average molecular weight is 306 g/mol. The molecule has 0 aliphatic carbocycles. The minimum atomic E-state index is -1.01. The molecule has 0 fully saturated rings. The van der Waals surface area contributed by atoms with Crippen LogP contribution in [0.1, 0.15) is 21.7 Å². The van der Waals surface area contributed by atoms with Crippen LogP contribution in [0.3, 0.4) is 0 Å². The van der Waals surface area contributed by atoms with Gasteiger partial charge in [-0.2, -0.15) is 0 Å². The van der Waals surface area contributed by atoms with E-state index in [9.17, 15) is 9.59 Å². The zero-order chi connectivity index (χ0) is 15.2. The van der Waals surface area contributed by atoms with Gasteiger partial charge >= 0.3 is 5.97 Å². The van der Waals surface area contributed by atoms with Crippen molar-refractivity contribution in [3.63, 3.8) is 0 Å². The van der Waals surface area contributed by atoms with Crippen LogP contribution >= 0.6 is 11.6 Å². The quantitative estimate of drug-likeness (QED) is 0.832. The van der Waals surface area contributed by atoms with Crippen LogP contribution in [0, 0.1) is 0 Å². The Morgan fingerprint density at radius 2 is 2.10 bits per heavy atom. The molecule has 2 rings (SSSR count). The highest BCUT2D eigenvalue weighted by Gasteiger charge is 2.09. The Morgan fingerprint density at radius 1 is 1.29 bits per heavy atom. The van der Waals surface area contributed by atoms with Crippen molar-refractivity contribution in [3.8, 4) is 0 Å². The van der Waals surface area contributed by atoms with Crippen molar-refractivity contribution in [1.82, 2.24) is 5.32 Å². The third-order valence-corrected chi connectivity index (χ3v) is 2.82. The highest BCUT2D eigenvalue weighted by molar-refractivity contribution is 6.29. The highest BCUT2D eigenvalue weighted by atomic mass is 35.5. The van der Waals surface area contributed by atoms with Gasteiger partial charge in [0.2, 0.25) is 0 Å². The third-order valence-electron chi connectivity index (χ3n) is 2.62. The first-order valence-corrected chi connectivity index (χ1v) is 6.46. The lowest BCUT2D eigenvalue weighted by Gasteiger charge is -2.04. The van der Waals surface area contributed by atoms with E-state index in [4.69, 9.17) is 21.1 Å². The van der Waals surface area contributed by atoms with Gasteiger partial charge in [-0.05, 0) is 47.0 Å². The van der Waals surface area contributed by atoms with Gasteiger partial charge in [-0.25, -0.2) is 4.79 Å². The molecular weight excluding hydrogens is 294 g/mol. The van der Waals surface area contributed by atoms with Gasteiger partial charge in [-0.3, -0.25) is 4.79 Å². The average Bonchev–Trinajstić information content (AvgIpc) is 2.90. The van der Waals surface area contributed by atoms with Gasteiger partial charge in [-0.1, -0.05) is 18.2 Å². The summed E-state index contributed by atoms with van der Waals surface area (Å²) in [5.74, 6) is -1.24. The summed E-state index contributed by atoms with van der Waals surface area (Å²) in [5, 5.41) is 11.4. The summed E-state index contributed by atoms with van der Waals surface area (Å²) in [7, 11) is 0. The maximum Gasteiger partial charge on any atom is 0.328 e. The first-order valence-electron chi connectivity index (χ1n) is 6.08. The summed E-state index contributed by atoms with van der Waals surface area (Å²) in [4.78, 5) is 22.2. The van der Waals surface area contributed by atoms with E-state index in [0.29, 0.717) is 6.54 Å². The number of nitrogens with one attached hydrogen (secondary N) is 1. The molecule has 0 aliphatic rings. The Morgan fingerprint density at radius 3 is 2.76 bits per heavy atom. The van der Waals surface area contributed by atoms with Crippen LogP contribution < -0.4 is 5.32 Å². The summed E-state index contributed by atoms with van der Waals surface area (Å²) in [6, 6.07) is 10.2. The number of aliphatic carboxylic acids is 1. The fourth-order valence-corrected chi connectivity index (χ4v) is 1.83. The summed E-state index contributed by atoms with van der Waals surface area (Å²) < 4.78 is 5.00. The van der Waals surface area contributed by atoms with E-state index < -0.39 is 5.97 Å². The van der Waals surface area contributed by atoms with Crippen molar-refractivity contribution in [2.24, 2.45) is 0 Å². The molecule has 2 aromatic rings. The molecule has 0 bridgehead atoms. The fourth-order valence-electron chi connectivity index (χ4n) is 1.68. The van der Waals surface area contributed by atoms with Crippen molar-refractivity contribution < 1.29 is 19.1 Å². The van der Waals surface area contributed by atoms with E-state index in [2.05, 4.69) is 5.32 Å². The predicted octanol–water partition coefficient (Wildman–Crippen LogP) is 2.96. The van der Waals surface area contributed by atoms with Gasteiger partial charge < -0.3 is 14.8 Å². The summed E-state index contributed by atoms with van der Waals surface area (Å²) in [5.41, 5.74) is 1.58. The topological polar surface area (TPSA) is 79.5 Å². The number of benzene rings is 1. The van der Waals surface area contributed by atoms with E-state index in [1.807, 2.05) is 6.07 Å². The molecule has 1 aromatic heterocycles. The normalized spacial score (nSPS) is 10.7. The number of carboxylic acid groups (broad SMARTS) is 1. The van der Waals surface area contributed by atoms with Gasteiger partial charge in [0.1, 0.15) is 0 Å². The second-order valence-corrected chi connectivity index (χ2v) is 4.58. The number of carbonyl (C=O) groups excluding carboxylic acids is 1. The Kier molecular flexibility index (Phi) is 4.79. The summed E-state index contributed by atoms with van der Waals surface area (Å²) in [6.07, 6.45) is 2.54. The standard InChI is InChI=1S/C15H12ClNO4/c16-13-6-5-12(21-13)15(20)17-9-11-3-1-2-10(8-11)4-7-14(18)19/h1-8H,9H2,(H,17,20)(H,18,19). The van der Waals surface area contributed by atoms with E-state index in [-0.39, 0.29) is 16.9 Å². The van der Waals surface area contributed by atoms with E-state index in [1.165, 1.54) is 18.2 Å². The lowest BCUT2D eigenvalue weighted by atomic mass is 10.1. The van der Waals surface area contributed by atoms with E-state index in [1.54, 1.807) is 18.2 Å². The summed E-state index contributed by atoms with van der Waals surface area (Å²) >= 11 is 5.60. The lowest BCUT2D eigenvalue weighted by Crippen LogP contribution is -2.22. The smallest absolute Gasteiger partial charge is 0.328 e. The molecule has 2 N–H and O–H groups in total. The van der Waals surface area contributed by atoms with Crippen molar-refractivity contribution in [3.05, 3.63) is 64.6 Å².